The first kappa shape index (κ1) is 70.5. The molecule has 0 bridgehead atoms. The summed E-state index contributed by atoms with van der Waals surface area (Å²) in [5.41, 5.74) is -1.25. The van der Waals surface area contributed by atoms with Crippen molar-refractivity contribution in [3.63, 3.8) is 0 Å². The fourth-order valence-electron chi connectivity index (χ4n) is 1.68. The molecule has 0 heterocycles. The van der Waals surface area contributed by atoms with E-state index < -0.39 is 64.6 Å². The van der Waals surface area contributed by atoms with Crippen LogP contribution in [0, 0.1) is 0 Å². The molecule has 2 aromatic rings. The maximum atomic E-state index is 10.5. The molecule has 25 heteroatoms. The second-order valence-electron chi connectivity index (χ2n) is 4.88. The van der Waals surface area contributed by atoms with Crippen LogP contribution in [0.25, 0.3) is 0 Å². The first-order valence-corrected chi connectivity index (χ1v) is 9.50. The molecule has 2 rings (SSSR count). The van der Waals surface area contributed by atoms with Gasteiger partial charge in [-0.1, -0.05) is 0 Å². The van der Waals surface area contributed by atoms with Crippen LogP contribution in [0.2, 0.25) is 0 Å². The molecular weight excluding hydrogens is 643 g/mol. The molecule has 0 saturated heterocycles. The Hall–Kier alpha value is -3.09. The number of carboxylic acids is 2. The largest absolute Gasteiger partial charge is 2.00 e. The number of carbonyl (C=O) groups is 2. The van der Waals surface area contributed by atoms with Gasteiger partial charge in [-0.2, -0.15) is 0 Å². The summed E-state index contributed by atoms with van der Waals surface area (Å²) in [4.78, 5) is 19.5. The van der Waals surface area contributed by atoms with Crippen LogP contribution in [-0.2, 0) is 69.9 Å². The van der Waals surface area contributed by atoms with Crippen molar-refractivity contribution in [2.75, 3.05) is 0 Å². The van der Waals surface area contributed by atoms with Gasteiger partial charge in [0, 0.05) is 0 Å². The fraction of sp³-hybridized carbons (Fsp3) is 0. The van der Waals surface area contributed by atoms with Crippen LogP contribution in [0.4, 0.5) is 0 Å². The van der Waals surface area contributed by atoms with E-state index in [0.717, 1.165) is 24.3 Å². The van der Waals surface area contributed by atoms with E-state index in [1.807, 2.05) is 0 Å². The number of carboxylic acid groups (broad SMARTS) is 2. The number of benzene rings is 2. The Labute approximate surface area is 228 Å². The number of hydrogen-bond donors (Lipinski definition) is 4. The molecule has 0 spiro atoms. The van der Waals surface area contributed by atoms with Gasteiger partial charge in [0.05, 0.1) is 9.79 Å². The van der Waals surface area contributed by atoms with Crippen LogP contribution >= 0.6 is 0 Å². The topological polar surface area (TPSA) is 553 Å². The first-order chi connectivity index (χ1) is 12.6. The molecule has 0 saturated carbocycles. The third kappa shape index (κ3) is 20.5. The van der Waals surface area contributed by atoms with E-state index in [1.54, 1.807) is 0 Å². The minimum absolute atomic E-state index is 0. The molecule has 0 atom stereocenters. The summed E-state index contributed by atoms with van der Waals surface area (Å²) in [7, 11) is -9.40. The SMILES string of the molecule is O.O.O.O.O=C(O)c1cc(S(=O)(=O)[O-])ccc1O.O=C(O)c1cc(S(=O)(=O)[O-])ccc1O.[Co+2].[OH3+].[OH3+].[OH3+].[OH3+].[OH3+].[OH3+]. The summed E-state index contributed by atoms with van der Waals surface area (Å²) >= 11 is 0. The molecular formula is C14H36CoO22S2+6. The van der Waals surface area contributed by atoms with Gasteiger partial charge < -0.3 is 84.3 Å². The van der Waals surface area contributed by atoms with Crippen LogP contribution in [0.3, 0.4) is 0 Å². The molecule has 30 N–H and O–H groups in total. The van der Waals surface area contributed by atoms with E-state index in [4.69, 9.17) is 20.4 Å². The second kappa shape index (κ2) is 26.5. The Morgan fingerprint density at radius 3 is 0.923 bits per heavy atom. The standard InChI is InChI=1S/2C7H6O6S.Co.10H2O/c2*8-6-2-1-4(14(11,12)13)3-5(6)7(9)10;;;;;;;;;;;/h2*1-3,8H,(H,9,10)(H,11,12,13);;10*1H2/q;;+2;;;;;;;;;;/p+4. The van der Waals surface area contributed by atoms with Gasteiger partial charge in [0.25, 0.3) is 0 Å². The van der Waals surface area contributed by atoms with Crippen molar-refractivity contribution in [3.8, 4) is 11.5 Å². The van der Waals surface area contributed by atoms with E-state index in [-0.39, 0.29) is 71.5 Å². The van der Waals surface area contributed by atoms with Crippen molar-refractivity contribution in [2.45, 2.75) is 9.79 Å². The molecule has 0 aromatic heterocycles. The van der Waals surface area contributed by atoms with Crippen LogP contribution in [0.15, 0.2) is 46.2 Å². The van der Waals surface area contributed by atoms with Crippen molar-refractivity contribution in [1.29, 1.82) is 0 Å². The zero-order valence-electron chi connectivity index (χ0n) is 19.1. The summed E-state index contributed by atoms with van der Waals surface area (Å²) in [6.07, 6.45) is 0. The molecule has 0 unspecified atom stereocenters. The number of hydrogen-bond acceptors (Lipinski definition) is 10. The Bertz CT molecular complexity index is 1060. The molecule has 22 nitrogen and oxygen atoms in total. The molecule has 2 aromatic carbocycles. The smallest absolute Gasteiger partial charge is 0.744 e. The molecule has 39 heavy (non-hydrogen) atoms. The van der Waals surface area contributed by atoms with E-state index >= 15 is 0 Å². The van der Waals surface area contributed by atoms with Crippen molar-refractivity contribution < 1.29 is 127 Å². The molecule has 239 valence electrons. The van der Waals surface area contributed by atoms with Crippen molar-refractivity contribution >= 4 is 32.2 Å². The Morgan fingerprint density at radius 1 is 0.564 bits per heavy atom. The van der Waals surface area contributed by atoms with Gasteiger partial charge in [-0.15, -0.1) is 0 Å². The third-order valence-electron chi connectivity index (χ3n) is 2.97. The maximum Gasteiger partial charge on any atom is 2.00 e. The Kier molecular flexibility index (Phi) is 47.9. The van der Waals surface area contributed by atoms with Crippen molar-refractivity contribution in [2.24, 2.45) is 0 Å². The zero-order chi connectivity index (χ0) is 21.9. The van der Waals surface area contributed by atoms with Crippen molar-refractivity contribution in [3.05, 3.63) is 47.5 Å². The molecule has 1 radical (unpaired) electrons. The average molecular weight is 679 g/mol. The maximum absolute atomic E-state index is 10.5. The summed E-state index contributed by atoms with van der Waals surface area (Å²) in [5.74, 6) is -4.20. The van der Waals surface area contributed by atoms with Gasteiger partial charge in [-0.05, 0) is 36.4 Å². The van der Waals surface area contributed by atoms with Crippen molar-refractivity contribution in [1.82, 2.24) is 0 Å². The Morgan fingerprint density at radius 2 is 0.769 bits per heavy atom. The first-order valence-electron chi connectivity index (χ1n) is 6.69. The van der Waals surface area contributed by atoms with Gasteiger partial charge in [-0.3, -0.25) is 0 Å². The molecule has 0 amide bonds. The molecule has 0 fully saturated rings. The van der Waals surface area contributed by atoms with Crippen LogP contribution in [0.1, 0.15) is 20.7 Å². The number of rotatable bonds is 4. The van der Waals surface area contributed by atoms with E-state index in [1.165, 1.54) is 0 Å². The molecule has 0 aliphatic heterocycles. The number of phenols is 2. The minimum atomic E-state index is -4.70. The summed E-state index contributed by atoms with van der Waals surface area (Å²) in [6.45, 7) is 0. The predicted octanol–water partition coefficient (Wildman–Crippen LogP) is -8.84. The number of aromatic carboxylic acids is 2. The van der Waals surface area contributed by atoms with E-state index in [2.05, 4.69) is 0 Å². The third-order valence-corrected chi connectivity index (χ3v) is 4.64. The molecule has 0 aliphatic carbocycles. The normalized spacial score (nSPS) is 8.05. The van der Waals surface area contributed by atoms with E-state index in [9.17, 15) is 35.5 Å². The minimum Gasteiger partial charge on any atom is -0.744 e. The van der Waals surface area contributed by atoms with Crippen LogP contribution < -0.4 is 0 Å². The summed E-state index contributed by atoms with van der Waals surface area (Å²) in [5, 5.41) is 35.0. The van der Waals surface area contributed by atoms with Gasteiger partial charge in [-0.25, -0.2) is 26.4 Å². The van der Waals surface area contributed by atoms with Gasteiger partial charge in [0.15, 0.2) is 0 Å². The Balaban J connectivity index is -0.0000000348. The zero-order valence-corrected chi connectivity index (χ0v) is 21.8. The fourth-order valence-corrected chi connectivity index (χ4v) is 2.68. The monoisotopic (exact) mass is 679 g/mol. The second-order valence-corrected chi connectivity index (χ2v) is 7.64. The van der Waals surface area contributed by atoms with E-state index in [0.29, 0.717) is 12.1 Å². The van der Waals surface area contributed by atoms with Crippen LogP contribution in [0.5, 0.6) is 11.5 Å². The van der Waals surface area contributed by atoms with Gasteiger partial charge in [0.1, 0.15) is 42.9 Å². The predicted molar refractivity (Wildman–Crippen MR) is 130 cm³/mol. The van der Waals surface area contributed by atoms with Crippen LogP contribution in [-0.4, -0.2) is 80.2 Å². The van der Waals surface area contributed by atoms with Gasteiger partial charge in [0.2, 0.25) is 0 Å². The van der Waals surface area contributed by atoms with Gasteiger partial charge >= 0.3 is 28.7 Å². The molecule has 0 aliphatic rings. The quantitative estimate of drug-likeness (QED) is 0.173. The summed E-state index contributed by atoms with van der Waals surface area (Å²) < 4.78 is 62.9. The average Bonchev–Trinajstić information content (AvgIpc) is 2.53. The number of aromatic hydroxyl groups is 2. The summed E-state index contributed by atoms with van der Waals surface area (Å²) in [6, 6.07) is 4.58.